The highest BCUT2D eigenvalue weighted by Crippen LogP contribution is 2.29. The summed E-state index contributed by atoms with van der Waals surface area (Å²) in [5.74, 6) is -1.08. The third kappa shape index (κ3) is 1.17. The number of fused-ring (bicyclic) bond motifs is 1. The Kier molecular flexibility index (Phi) is 1.99. The van der Waals surface area contributed by atoms with E-state index in [0.717, 1.165) is 0 Å². The predicted molar refractivity (Wildman–Crippen MR) is 49.9 cm³/mol. The summed E-state index contributed by atoms with van der Waals surface area (Å²) in [6.45, 7) is 1.92. The van der Waals surface area contributed by atoms with Crippen molar-refractivity contribution < 1.29 is 9.90 Å². The SMILES string of the molecule is CCC1C(C(=O)O)=CC=C2N=NN=C21. The van der Waals surface area contributed by atoms with E-state index in [-0.39, 0.29) is 5.92 Å². The first kappa shape index (κ1) is 8.80. The molecule has 14 heavy (non-hydrogen) atoms. The number of aliphatic carboxylic acids is 1. The molecule has 5 nitrogen and oxygen atoms in total. The molecule has 0 aromatic heterocycles. The monoisotopic (exact) mass is 191 g/mol. The van der Waals surface area contributed by atoms with Gasteiger partial charge in [-0.15, -0.1) is 10.2 Å². The van der Waals surface area contributed by atoms with Crippen LogP contribution in [0.5, 0.6) is 0 Å². The Balaban J connectivity index is 2.42. The molecular weight excluding hydrogens is 182 g/mol. The molecule has 0 radical (unpaired) electrons. The molecule has 0 amide bonds. The van der Waals surface area contributed by atoms with E-state index in [2.05, 4.69) is 15.4 Å². The molecule has 1 aliphatic carbocycles. The lowest BCUT2D eigenvalue weighted by Crippen LogP contribution is -2.23. The molecule has 72 valence electrons. The van der Waals surface area contributed by atoms with Crippen molar-refractivity contribution in [1.29, 1.82) is 0 Å². The van der Waals surface area contributed by atoms with Crippen LogP contribution >= 0.6 is 0 Å². The average Bonchev–Trinajstić information content (AvgIpc) is 2.63. The normalized spacial score (nSPS) is 23.8. The molecule has 0 saturated heterocycles. The minimum absolute atomic E-state index is 0.178. The van der Waals surface area contributed by atoms with Crippen molar-refractivity contribution in [2.24, 2.45) is 21.4 Å². The van der Waals surface area contributed by atoms with Crippen LogP contribution in [0.4, 0.5) is 0 Å². The molecule has 0 fully saturated rings. The summed E-state index contributed by atoms with van der Waals surface area (Å²) in [5.41, 5.74) is 1.72. The molecule has 2 aliphatic rings. The van der Waals surface area contributed by atoms with Crippen LogP contribution < -0.4 is 0 Å². The summed E-state index contributed by atoms with van der Waals surface area (Å²) in [6, 6.07) is 0. The van der Waals surface area contributed by atoms with E-state index in [1.54, 1.807) is 12.2 Å². The van der Waals surface area contributed by atoms with E-state index in [0.29, 0.717) is 23.4 Å². The van der Waals surface area contributed by atoms with Gasteiger partial charge in [0.05, 0.1) is 0 Å². The van der Waals surface area contributed by atoms with E-state index in [9.17, 15) is 4.79 Å². The Morgan fingerprint density at radius 2 is 2.36 bits per heavy atom. The maximum atomic E-state index is 10.9. The predicted octanol–water partition coefficient (Wildman–Crippen LogP) is 1.74. The fourth-order valence-corrected chi connectivity index (χ4v) is 1.65. The average molecular weight is 191 g/mol. The van der Waals surface area contributed by atoms with Crippen molar-refractivity contribution in [3.05, 3.63) is 23.4 Å². The van der Waals surface area contributed by atoms with Crippen molar-refractivity contribution in [3.8, 4) is 0 Å². The van der Waals surface area contributed by atoms with E-state index >= 15 is 0 Å². The quantitative estimate of drug-likeness (QED) is 0.721. The lowest BCUT2D eigenvalue weighted by atomic mass is 9.86. The van der Waals surface area contributed by atoms with Gasteiger partial charge < -0.3 is 5.11 Å². The van der Waals surface area contributed by atoms with Crippen LogP contribution in [0.3, 0.4) is 0 Å². The Morgan fingerprint density at radius 3 is 3.00 bits per heavy atom. The first-order valence-electron chi connectivity index (χ1n) is 4.38. The van der Waals surface area contributed by atoms with Crippen molar-refractivity contribution >= 4 is 11.7 Å². The smallest absolute Gasteiger partial charge is 0.332 e. The zero-order valence-corrected chi connectivity index (χ0v) is 7.64. The van der Waals surface area contributed by atoms with Gasteiger partial charge in [-0.3, -0.25) is 0 Å². The zero-order chi connectivity index (χ0) is 10.1. The maximum absolute atomic E-state index is 10.9. The van der Waals surface area contributed by atoms with Crippen LogP contribution in [0.1, 0.15) is 13.3 Å². The zero-order valence-electron chi connectivity index (χ0n) is 7.64. The number of carbonyl (C=O) groups is 1. The third-order valence-corrected chi connectivity index (χ3v) is 2.35. The van der Waals surface area contributed by atoms with Gasteiger partial charge in [-0.25, -0.2) is 4.79 Å². The van der Waals surface area contributed by atoms with Crippen molar-refractivity contribution in [3.63, 3.8) is 0 Å². The molecule has 0 saturated carbocycles. The van der Waals surface area contributed by atoms with Crippen molar-refractivity contribution in [2.45, 2.75) is 13.3 Å². The maximum Gasteiger partial charge on any atom is 0.332 e. The molecule has 5 heteroatoms. The van der Waals surface area contributed by atoms with E-state index in [1.165, 1.54) is 0 Å². The highest BCUT2D eigenvalue weighted by Gasteiger charge is 2.31. The summed E-state index contributed by atoms with van der Waals surface area (Å²) in [7, 11) is 0. The van der Waals surface area contributed by atoms with Crippen LogP contribution in [-0.2, 0) is 4.79 Å². The van der Waals surface area contributed by atoms with Gasteiger partial charge in [-0.1, -0.05) is 6.92 Å². The number of carboxylic acid groups (broad SMARTS) is 1. The van der Waals surface area contributed by atoms with Crippen molar-refractivity contribution in [2.75, 3.05) is 0 Å². The Bertz CT molecular complexity index is 404. The van der Waals surface area contributed by atoms with Crippen LogP contribution in [0.2, 0.25) is 0 Å². The number of hydrogen-bond donors (Lipinski definition) is 1. The molecule has 1 unspecified atom stereocenters. The second-order valence-corrected chi connectivity index (χ2v) is 3.11. The summed E-state index contributed by atoms with van der Waals surface area (Å²) >= 11 is 0. The summed E-state index contributed by atoms with van der Waals surface area (Å²) in [4.78, 5) is 10.9. The van der Waals surface area contributed by atoms with Gasteiger partial charge in [0.15, 0.2) is 0 Å². The summed E-state index contributed by atoms with van der Waals surface area (Å²) in [6.07, 6.45) is 3.92. The molecule has 1 aliphatic heterocycles. The van der Waals surface area contributed by atoms with Gasteiger partial charge in [0, 0.05) is 11.5 Å². The molecule has 0 spiro atoms. The topological polar surface area (TPSA) is 74.4 Å². The highest BCUT2D eigenvalue weighted by molar-refractivity contribution is 6.10. The number of rotatable bonds is 2. The highest BCUT2D eigenvalue weighted by atomic mass is 16.4. The van der Waals surface area contributed by atoms with Crippen LogP contribution in [-0.4, -0.2) is 16.8 Å². The molecule has 0 aromatic carbocycles. The summed E-state index contributed by atoms with van der Waals surface area (Å²) in [5, 5.41) is 20.1. The third-order valence-electron chi connectivity index (χ3n) is 2.35. The second kappa shape index (κ2) is 3.17. The fraction of sp³-hybridized carbons (Fsp3) is 0.333. The van der Waals surface area contributed by atoms with Gasteiger partial charge >= 0.3 is 5.97 Å². The standard InChI is InChI=1S/C9H9N3O2/c1-2-5-6(9(13)14)3-4-7-8(5)11-12-10-7/h3-5H,2H2,1H3,(H,13,14). The number of hydrogen-bond acceptors (Lipinski definition) is 4. The number of allylic oxidation sites excluding steroid dienone is 3. The van der Waals surface area contributed by atoms with Crippen LogP contribution in [0.25, 0.3) is 0 Å². The molecule has 0 aromatic rings. The lowest BCUT2D eigenvalue weighted by molar-refractivity contribution is -0.133. The van der Waals surface area contributed by atoms with Gasteiger partial charge in [-0.05, 0) is 23.8 Å². The van der Waals surface area contributed by atoms with Gasteiger partial charge in [0.1, 0.15) is 11.4 Å². The molecule has 2 rings (SSSR count). The Labute approximate surface area is 80.5 Å². The van der Waals surface area contributed by atoms with Crippen LogP contribution in [0.15, 0.2) is 38.9 Å². The molecule has 0 bridgehead atoms. The van der Waals surface area contributed by atoms with E-state index < -0.39 is 5.97 Å². The van der Waals surface area contributed by atoms with Gasteiger partial charge in [-0.2, -0.15) is 0 Å². The fourth-order valence-electron chi connectivity index (χ4n) is 1.65. The minimum Gasteiger partial charge on any atom is -0.478 e. The van der Waals surface area contributed by atoms with E-state index in [1.807, 2.05) is 6.92 Å². The van der Waals surface area contributed by atoms with E-state index in [4.69, 9.17) is 5.11 Å². The Morgan fingerprint density at radius 1 is 1.57 bits per heavy atom. The largest absolute Gasteiger partial charge is 0.478 e. The number of nitrogens with zero attached hydrogens (tertiary/aromatic N) is 3. The first-order valence-corrected chi connectivity index (χ1v) is 4.38. The molecule has 1 atom stereocenters. The number of carboxylic acids is 1. The van der Waals surface area contributed by atoms with Crippen molar-refractivity contribution in [1.82, 2.24) is 0 Å². The van der Waals surface area contributed by atoms with Crippen LogP contribution in [0, 0.1) is 5.92 Å². The molecule has 1 heterocycles. The second-order valence-electron chi connectivity index (χ2n) is 3.11. The minimum atomic E-state index is -0.901. The molecule has 1 N–H and O–H groups in total. The Hall–Kier alpha value is -1.78. The van der Waals surface area contributed by atoms with Gasteiger partial charge in [0.2, 0.25) is 0 Å². The first-order chi connectivity index (χ1) is 6.74. The molecular formula is C9H9N3O2. The van der Waals surface area contributed by atoms with Gasteiger partial charge in [0.25, 0.3) is 0 Å². The lowest BCUT2D eigenvalue weighted by Gasteiger charge is -2.18. The summed E-state index contributed by atoms with van der Waals surface area (Å²) < 4.78 is 0.